The van der Waals surface area contributed by atoms with E-state index in [9.17, 15) is 0 Å². The van der Waals surface area contributed by atoms with Gasteiger partial charge in [-0.2, -0.15) is 5.10 Å². The molecule has 0 bridgehead atoms. The molecule has 0 aromatic carbocycles. The Hall–Kier alpha value is -3.09. The number of pyridine rings is 1. The van der Waals surface area contributed by atoms with Crippen LogP contribution in [0.2, 0.25) is 0 Å². The third-order valence-electron chi connectivity index (χ3n) is 5.16. The standard InChI is InChI=1S/C21H25N7/c1-15-8-9-19(26-25-15)27-11-6-12-28(14-13-27)21-16(2)17(3)23-20(24-21)18-7-4-5-10-22-18/h4-5,7-10H,6,11-14H2,1-3H3. The molecule has 3 aromatic heterocycles. The lowest BCUT2D eigenvalue weighted by Gasteiger charge is -2.25. The monoisotopic (exact) mass is 375 g/mol. The maximum atomic E-state index is 4.88. The van der Waals surface area contributed by atoms with Gasteiger partial charge in [0.05, 0.1) is 5.69 Å². The molecule has 4 rings (SSSR count). The fourth-order valence-electron chi connectivity index (χ4n) is 3.45. The molecule has 1 aliphatic rings. The lowest BCUT2D eigenvalue weighted by Crippen LogP contribution is -2.32. The zero-order valence-electron chi connectivity index (χ0n) is 16.6. The Morgan fingerprint density at radius 1 is 0.821 bits per heavy atom. The molecule has 0 radical (unpaired) electrons. The van der Waals surface area contributed by atoms with E-state index >= 15 is 0 Å². The highest BCUT2D eigenvalue weighted by molar-refractivity contribution is 5.57. The largest absolute Gasteiger partial charge is 0.354 e. The van der Waals surface area contributed by atoms with Gasteiger partial charge in [0.2, 0.25) is 0 Å². The summed E-state index contributed by atoms with van der Waals surface area (Å²) in [4.78, 5) is 18.6. The molecule has 1 aliphatic heterocycles. The molecule has 7 nitrogen and oxygen atoms in total. The van der Waals surface area contributed by atoms with Crippen LogP contribution in [0.25, 0.3) is 11.5 Å². The highest BCUT2D eigenvalue weighted by Gasteiger charge is 2.21. The Balaban J connectivity index is 1.59. The molecule has 1 saturated heterocycles. The highest BCUT2D eigenvalue weighted by atomic mass is 15.3. The SMILES string of the molecule is Cc1ccc(N2CCCN(c3nc(-c4ccccn4)nc(C)c3C)CC2)nn1. The third kappa shape index (κ3) is 3.78. The molecule has 4 heterocycles. The van der Waals surface area contributed by atoms with Crippen LogP contribution in [0.1, 0.15) is 23.4 Å². The van der Waals surface area contributed by atoms with Gasteiger partial charge in [0.25, 0.3) is 0 Å². The summed E-state index contributed by atoms with van der Waals surface area (Å²) in [6.45, 7) is 9.78. The summed E-state index contributed by atoms with van der Waals surface area (Å²) in [5, 5.41) is 8.55. The Bertz CT molecular complexity index is 941. The van der Waals surface area contributed by atoms with Gasteiger partial charge < -0.3 is 9.80 Å². The number of aromatic nitrogens is 5. The molecule has 0 N–H and O–H groups in total. The van der Waals surface area contributed by atoms with Crippen LogP contribution in [0.15, 0.2) is 36.5 Å². The van der Waals surface area contributed by atoms with Gasteiger partial charge in [-0.05, 0) is 51.5 Å². The van der Waals surface area contributed by atoms with Crippen molar-refractivity contribution in [2.75, 3.05) is 36.0 Å². The zero-order valence-corrected chi connectivity index (χ0v) is 16.6. The summed E-state index contributed by atoms with van der Waals surface area (Å²) in [6, 6.07) is 9.89. The van der Waals surface area contributed by atoms with Gasteiger partial charge >= 0.3 is 0 Å². The molecule has 0 saturated carbocycles. The molecule has 7 heteroatoms. The van der Waals surface area contributed by atoms with Crippen molar-refractivity contribution < 1.29 is 0 Å². The average Bonchev–Trinajstić information content (AvgIpc) is 2.97. The number of rotatable bonds is 3. The van der Waals surface area contributed by atoms with E-state index in [-0.39, 0.29) is 0 Å². The van der Waals surface area contributed by atoms with Gasteiger partial charge in [-0.25, -0.2) is 9.97 Å². The summed E-state index contributed by atoms with van der Waals surface area (Å²) in [5.74, 6) is 2.63. The van der Waals surface area contributed by atoms with Gasteiger partial charge in [0, 0.05) is 43.6 Å². The number of anilines is 2. The second-order valence-corrected chi connectivity index (χ2v) is 7.16. The summed E-state index contributed by atoms with van der Waals surface area (Å²) >= 11 is 0. The zero-order chi connectivity index (χ0) is 19.5. The predicted molar refractivity (Wildman–Crippen MR) is 111 cm³/mol. The first kappa shape index (κ1) is 18.3. The second-order valence-electron chi connectivity index (χ2n) is 7.16. The van der Waals surface area contributed by atoms with Crippen molar-refractivity contribution >= 4 is 11.6 Å². The maximum absolute atomic E-state index is 4.88. The van der Waals surface area contributed by atoms with E-state index in [1.807, 2.05) is 38.1 Å². The predicted octanol–water partition coefficient (Wildman–Crippen LogP) is 2.97. The number of aryl methyl sites for hydroxylation is 2. The van der Waals surface area contributed by atoms with E-state index in [1.54, 1.807) is 6.20 Å². The maximum Gasteiger partial charge on any atom is 0.180 e. The van der Waals surface area contributed by atoms with E-state index in [0.29, 0.717) is 5.82 Å². The molecule has 3 aromatic rings. The van der Waals surface area contributed by atoms with Crippen molar-refractivity contribution in [2.24, 2.45) is 0 Å². The van der Waals surface area contributed by atoms with E-state index in [2.05, 4.69) is 43.0 Å². The summed E-state index contributed by atoms with van der Waals surface area (Å²) in [6.07, 6.45) is 2.82. The molecule has 0 aliphatic carbocycles. The normalized spacial score (nSPS) is 14.8. The number of nitrogens with zero attached hydrogens (tertiary/aromatic N) is 7. The first-order valence-corrected chi connectivity index (χ1v) is 9.68. The topological polar surface area (TPSA) is 70.9 Å². The molecule has 0 atom stereocenters. The fourth-order valence-corrected chi connectivity index (χ4v) is 3.45. The van der Waals surface area contributed by atoms with Crippen molar-refractivity contribution in [1.82, 2.24) is 25.1 Å². The van der Waals surface area contributed by atoms with Crippen LogP contribution in [0.3, 0.4) is 0 Å². The van der Waals surface area contributed by atoms with Crippen LogP contribution < -0.4 is 9.80 Å². The molecular weight excluding hydrogens is 350 g/mol. The van der Waals surface area contributed by atoms with Gasteiger partial charge in [0.1, 0.15) is 11.5 Å². The average molecular weight is 375 g/mol. The summed E-state index contributed by atoms with van der Waals surface area (Å²) < 4.78 is 0. The van der Waals surface area contributed by atoms with Crippen LogP contribution in [0.4, 0.5) is 11.6 Å². The van der Waals surface area contributed by atoms with Crippen molar-refractivity contribution in [2.45, 2.75) is 27.2 Å². The fraction of sp³-hybridized carbons (Fsp3) is 0.381. The summed E-state index contributed by atoms with van der Waals surface area (Å²) in [7, 11) is 0. The van der Waals surface area contributed by atoms with Gasteiger partial charge in [-0.1, -0.05) is 6.07 Å². The second kappa shape index (κ2) is 7.88. The molecule has 28 heavy (non-hydrogen) atoms. The van der Waals surface area contributed by atoms with E-state index in [4.69, 9.17) is 4.98 Å². The van der Waals surface area contributed by atoms with Gasteiger partial charge in [0.15, 0.2) is 11.6 Å². The minimum Gasteiger partial charge on any atom is -0.354 e. The van der Waals surface area contributed by atoms with Crippen LogP contribution >= 0.6 is 0 Å². The van der Waals surface area contributed by atoms with E-state index < -0.39 is 0 Å². The molecule has 1 fully saturated rings. The Labute approximate surface area is 165 Å². The minimum absolute atomic E-state index is 0.684. The van der Waals surface area contributed by atoms with E-state index in [1.165, 1.54) is 0 Å². The van der Waals surface area contributed by atoms with Crippen molar-refractivity contribution in [1.29, 1.82) is 0 Å². The van der Waals surface area contributed by atoms with Crippen molar-refractivity contribution in [3.8, 4) is 11.5 Å². The Kier molecular flexibility index (Phi) is 5.14. The van der Waals surface area contributed by atoms with Crippen LogP contribution in [-0.4, -0.2) is 51.3 Å². The lowest BCUT2D eigenvalue weighted by molar-refractivity contribution is 0.781. The minimum atomic E-state index is 0.684. The highest BCUT2D eigenvalue weighted by Crippen LogP contribution is 2.25. The lowest BCUT2D eigenvalue weighted by atomic mass is 10.2. The Morgan fingerprint density at radius 2 is 1.64 bits per heavy atom. The smallest absolute Gasteiger partial charge is 0.180 e. The quantitative estimate of drug-likeness (QED) is 0.697. The molecule has 0 amide bonds. The first-order valence-electron chi connectivity index (χ1n) is 9.68. The van der Waals surface area contributed by atoms with Crippen LogP contribution in [0, 0.1) is 20.8 Å². The number of hydrogen-bond donors (Lipinski definition) is 0. The van der Waals surface area contributed by atoms with E-state index in [0.717, 1.165) is 66.9 Å². The molecule has 0 unspecified atom stereocenters. The van der Waals surface area contributed by atoms with Crippen LogP contribution in [0.5, 0.6) is 0 Å². The number of hydrogen-bond acceptors (Lipinski definition) is 7. The van der Waals surface area contributed by atoms with Crippen molar-refractivity contribution in [3.63, 3.8) is 0 Å². The van der Waals surface area contributed by atoms with Crippen molar-refractivity contribution in [3.05, 3.63) is 53.5 Å². The summed E-state index contributed by atoms with van der Waals surface area (Å²) in [5.41, 5.74) is 3.87. The Morgan fingerprint density at radius 3 is 2.39 bits per heavy atom. The molecular formula is C21H25N7. The third-order valence-corrected chi connectivity index (χ3v) is 5.16. The van der Waals surface area contributed by atoms with Gasteiger partial charge in [-0.15, -0.1) is 5.10 Å². The van der Waals surface area contributed by atoms with Gasteiger partial charge in [-0.3, -0.25) is 4.98 Å². The van der Waals surface area contributed by atoms with Crippen LogP contribution in [-0.2, 0) is 0 Å². The first-order chi connectivity index (χ1) is 13.6. The molecule has 144 valence electrons. The molecule has 0 spiro atoms.